The van der Waals surface area contributed by atoms with E-state index in [1.54, 1.807) is 0 Å². The molecule has 3 aromatic carbocycles. The minimum Gasteiger partial charge on any atom is -0.872 e. The van der Waals surface area contributed by atoms with Crippen molar-refractivity contribution in [3.05, 3.63) is 98.6 Å². The van der Waals surface area contributed by atoms with E-state index in [9.17, 15) is 34.4 Å². The highest BCUT2D eigenvalue weighted by molar-refractivity contribution is 6.35. The first-order valence-corrected chi connectivity index (χ1v) is 9.05. The van der Waals surface area contributed by atoms with Gasteiger partial charge in [0, 0.05) is 23.3 Å². The summed E-state index contributed by atoms with van der Waals surface area (Å²) in [5.41, 5.74) is -0.993. The zero-order chi connectivity index (χ0) is 23.2. The van der Waals surface area contributed by atoms with E-state index in [0.717, 1.165) is 29.2 Å². The number of ketones is 1. The van der Waals surface area contributed by atoms with E-state index in [4.69, 9.17) is 5.11 Å². The third-order valence-electron chi connectivity index (χ3n) is 4.92. The van der Waals surface area contributed by atoms with Crippen LogP contribution in [0.2, 0.25) is 0 Å². The van der Waals surface area contributed by atoms with Crippen molar-refractivity contribution in [2.45, 2.75) is 0 Å². The lowest BCUT2D eigenvalue weighted by Crippen LogP contribution is -2.29. The predicted molar refractivity (Wildman–Crippen MR) is 107 cm³/mol. The Bertz CT molecular complexity index is 1360. The van der Waals surface area contributed by atoms with Crippen LogP contribution in [-0.2, 0) is 0 Å². The van der Waals surface area contributed by atoms with Crippen molar-refractivity contribution >= 4 is 34.9 Å². The van der Waals surface area contributed by atoms with Gasteiger partial charge in [0.15, 0.2) is 5.78 Å². The van der Waals surface area contributed by atoms with Gasteiger partial charge in [-0.05, 0) is 24.3 Å². The Labute approximate surface area is 179 Å². The number of nitro benzene ring substituents is 1. The minimum atomic E-state index is -1.50. The van der Waals surface area contributed by atoms with E-state index in [-0.39, 0.29) is 33.6 Å². The number of nitro groups is 1. The molecule has 2 amide bonds. The highest BCUT2D eigenvalue weighted by Crippen LogP contribution is 2.32. The van der Waals surface area contributed by atoms with Crippen molar-refractivity contribution in [2.24, 2.45) is 0 Å². The van der Waals surface area contributed by atoms with Crippen molar-refractivity contribution in [1.29, 1.82) is 0 Å². The van der Waals surface area contributed by atoms with Gasteiger partial charge >= 0.3 is 5.97 Å². The molecule has 0 fully saturated rings. The van der Waals surface area contributed by atoms with Crippen molar-refractivity contribution in [1.82, 2.24) is 0 Å². The maximum atomic E-state index is 12.9. The number of amides is 2. The third-order valence-corrected chi connectivity index (χ3v) is 4.92. The van der Waals surface area contributed by atoms with Crippen LogP contribution in [0.4, 0.5) is 11.4 Å². The lowest BCUT2D eigenvalue weighted by atomic mass is 9.99. The van der Waals surface area contributed by atoms with Gasteiger partial charge in [-0.1, -0.05) is 30.0 Å². The molecule has 0 unspecified atom stereocenters. The molecule has 0 saturated heterocycles. The number of aromatic carboxylic acids is 1. The van der Waals surface area contributed by atoms with Crippen LogP contribution in [0.3, 0.4) is 0 Å². The number of anilines is 1. The highest BCUT2D eigenvalue weighted by Gasteiger charge is 2.37. The molecular weight excluding hydrogens is 420 g/mol. The molecule has 1 aliphatic rings. The average molecular weight is 431 g/mol. The molecule has 0 bridgehead atoms. The lowest BCUT2D eigenvalue weighted by Gasteiger charge is -2.17. The second kappa shape index (κ2) is 7.43. The van der Waals surface area contributed by atoms with Gasteiger partial charge in [-0.2, -0.15) is 0 Å². The van der Waals surface area contributed by atoms with E-state index >= 15 is 0 Å². The fraction of sp³-hybridized carbons (Fsp3) is 0. The summed E-state index contributed by atoms with van der Waals surface area (Å²) in [6.07, 6.45) is 0. The van der Waals surface area contributed by atoms with E-state index in [1.807, 2.05) is 0 Å². The Morgan fingerprint density at radius 2 is 1.56 bits per heavy atom. The van der Waals surface area contributed by atoms with Crippen LogP contribution >= 0.6 is 0 Å². The molecular formula is C22H11N2O8-. The van der Waals surface area contributed by atoms with E-state index in [0.29, 0.717) is 0 Å². The topological polar surface area (TPSA) is 158 Å². The van der Waals surface area contributed by atoms with Gasteiger partial charge in [0.2, 0.25) is 0 Å². The summed E-state index contributed by atoms with van der Waals surface area (Å²) < 4.78 is 0. The lowest BCUT2D eigenvalue weighted by molar-refractivity contribution is -0.384. The number of hydrogen-bond acceptors (Lipinski definition) is 7. The quantitative estimate of drug-likeness (QED) is 0.279. The van der Waals surface area contributed by atoms with Crippen LogP contribution in [0.5, 0.6) is 5.75 Å². The summed E-state index contributed by atoms with van der Waals surface area (Å²) >= 11 is 0. The molecule has 0 atom stereocenters. The summed E-state index contributed by atoms with van der Waals surface area (Å²) in [6, 6.07) is 11.9. The zero-order valence-electron chi connectivity index (χ0n) is 16.0. The Balaban J connectivity index is 1.72. The number of nitrogens with zero attached hydrogens (tertiary/aromatic N) is 2. The number of rotatable bonds is 5. The number of fused-ring (bicyclic) bond motifs is 1. The maximum absolute atomic E-state index is 12.9. The van der Waals surface area contributed by atoms with Gasteiger partial charge in [0.25, 0.3) is 17.5 Å². The van der Waals surface area contributed by atoms with Gasteiger partial charge in [-0.25, -0.2) is 9.69 Å². The molecule has 0 radical (unpaired) electrons. The standard InChI is InChI=1S/C22H12N2O8/c25-18-7-5-13(10-17(18)22(29)30)23-20(27)15-6-4-12(9-16(15)21(23)28)19(26)11-2-1-3-14(8-11)24(31)32/h1-10,25H,(H,29,30)/p-1. The second-order valence-corrected chi connectivity index (χ2v) is 6.83. The zero-order valence-corrected chi connectivity index (χ0v) is 16.0. The number of imide groups is 1. The number of carbonyl (C=O) groups is 4. The number of benzene rings is 3. The van der Waals surface area contributed by atoms with Crippen LogP contribution in [-0.4, -0.2) is 33.6 Å². The van der Waals surface area contributed by atoms with Gasteiger partial charge in [-0.3, -0.25) is 24.5 Å². The molecule has 32 heavy (non-hydrogen) atoms. The first-order chi connectivity index (χ1) is 15.2. The Kier molecular flexibility index (Phi) is 4.74. The van der Waals surface area contributed by atoms with Gasteiger partial charge in [-0.15, -0.1) is 0 Å². The molecule has 3 aromatic rings. The Morgan fingerprint density at radius 3 is 2.25 bits per heavy atom. The summed E-state index contributed by atoms with van der Waals surface area (Å²) in [5.74, 6) is -4.40. The molecule has 1 aliphatic heterocycles. The molecule has 0 aliphatic carbocycles. The first kappa shape index (κ1) is 20.4. The molecule has 1 N–H and O–H groups in total. The number of carboxylic acids is 1. The van der Waals surface area contributed by atoms with Crippen molar-refractivity contribution in [3.8, 4) is 5.75 Å². The average Bonchev–Trinajstić information content (AvgIpc) is 3.03. The summed E-state index contributed by atoms with van der Waals surface area (Å²) in [4.78, 5) is 60.7. The fourth-order valence-corrected chi connectivity index (χ4v) is 3.37. The van der Waals surface area contributed by atoms with Gasteiger partial charge in [0.1, 0.15) is 0 Å². The molecule has 0 saturated carbocycles. The Hall–Kier alpha value is -4.86. The predicted octanol–water partition coefficient (Wildman–Crippen LogP) is 2.40. The van der Waals surface area contributed by atoms with Gasteiger partial charge < -0.3 is 10.2 Å². The summed E-state index contributed by atoms with van der Waals surface area (Å²) in [5, 5.41) is 31.8. The molecule has 0 spiro atoms. The van der Waals surface area contributed by atoms with Crippen LogP contribution < -0.4 is 10.0 Å². The van der Waals surface area contributed by atoms with E-state index in [2.05, 4.69) is 0 Å². The van der Waals surface area contributed by atoms with Crippen LogP contribution in [0.25, 0.3) is 0 Å². The van der Waals surface area contributed by atoms with Crippen molar-refractivity contribution in [3.63, 3.8) is 0 Å². The fourth-order valence-electron chi connectivity index (χ4n) is 3.37. The highest BCUT2D eigenvalue weighted by atomic mass is 16.6. The number of hydrogen-bond donors (Lipinski definition) is 1. The maximum Gasteiger partial charge on any atom is 0.335 e. The molecule has 10 heteroatoms. The SMILES string of the molecule is O=C(c1cccc([N+](=O)[O-])c1)c1ccc2c(c1)C(=O)N(c1ccc([O-])c(C(=O)O)c1)C2=O. The normalized spacial score (nSPS) is 12.6. The number of carboxylic acid groups (broad SMARTS) is 1. The largest absolute Gasteiger partial charge is 0.872 e. The first-order valence-electron chi connectivity index (χ1n) is 9.05. The van der Waals surface area contributed by atoms with E-state index < -0.39 is 39.8 Å². The minimum absolute atomic E-state index is 0.00586. The number of carbonyl (C=O) groups excluding carboxylic acids is 3. The van der Waals surface area contributed by atoms with Crippen molar-refractivity contribution < 1.29 is 34.3 Å². The van der Waals surface area contributed by atoms with Crippen LogP contribution in [0.1, 0.15) is 47.0 Å². The van der Waals surface area contributed by atoms with E-state index in [1.165, 1.54) is 36.4 Å². The molecule has 10 nitrogen and oxygen atoms in total. The monoisotopic (exact) mass is 431 g/mol. The number of non-ortho nitro benzene ring substituents is 1. The van der Waals surface area contributed by atoms with Crippen LogP contribution in [0.15, 0.2) is 60.7 Å². The summed E-state index contributed by atoms with van der Waals surface area (Å²) in [6.45, 7) is 0. The Morgan fingerprint density at radius 1 is 0.875 bits per heavy atom. The molecule has 1 heterocycles. The summed E-state index contributed by atoms with van der Waals surface area (Å²) in [7, 11) is 0. The third kappa shape index (κ3) is 3.25. The second-order valence-electron chi connectivity index (χ2n) is 6.83. The molecule has 0 aromatic heterocycles. The van der Waals surface area contributed by atoms with Gasteiger partial charge in [0.05, 0.1) is 27.3 Å². The molecule has 158 valence electrons. The molecule has 4 rings (SSSR count). The smallest absolute Gasteiger partial charge is 0.335 e. The van der Waals surface area contributed by atoms with Crippen LogP contribution in [0, 0.1) is 10.1 Å². The van der Waals surface area contributed by atoms with Crippen molar-refractivity contribution in [2.75, 3.05) is 4.90 Å².